The summed E-state index contributed by atoms with van der Waals surface area (Å²) >= 11 is 0. The van der Waals surface area contributed by atoms with Crippen molar-refractivity contribution in [2.75, 3.05) is 6.54 Å². The average molecular weight is 373 g/mol. The second-order valence-corrected chi connectivity index (χ2v) is 6.06. The van der Waals surface area contributed by atoms with Gasteiger partial charge in [-0.3, -0.25) is 9.59 Å². The van der Waals surface area contributed by atoms with Gasteiger partial charge in [0.15, 0.2) is 11.6 Å². The molecule has 0 saturated heterocycles. The van der Waals surface area contributed by atoms with E-state index in [0.29, 0.717) is 11.2 Å². The molecule has 0 aliphatic rings. The average Bonchev–Trinajstić information content (AvgIpc) is 3.05. The van der Waals surface area contributed by atoms with Crippen LogP contribution in [0.4, 0.5) is 8.78 Å². The topological polar surface area (TPSA) is 86.3 Å². The van der Waals surface area contributed by atoms with Crippen LogP contribution in [-0.4, -0.2) is 38.4 Å². The molecule has 2 heterocycles. The molecule has 3 rings (SSSR count). The van der Waals surface area contributed by atoms with Gasteiger partial charge in [0.2, 0.25) is 5.91 Å². The highest BCUT2D eigenvalue weighted by molar-refractivity contribution is 5.87. The van der Waals surface area contributed by atoms with Crippen LogP contribution in [0.2, 0.25) is 0 Å². The van der Waals surface area contributed by atoms with E-state index in [2.05, 4.69) is 9.97 Å². The van der Waals surface area contributed by atoms with E-state index in [-0.39, 0.29) is 37.4 Å². The van der Waals surface area contributed by atoms with Gasteiger partial charge in [0.1, 0.15) is 5.65 Å². The Morgan fingerprint density at radius 3 is 2.74 bits per heavy atom. The third kappa shape index (κ3) is 4.28. The molecular formula is C19H17F2N3O3. The van der Waals surface area contributed by atoms with E-state index in [9.17, 15) is 18.4 Å². The molecule has 3 aromatic rings. The number of halogens is 2. The van der Waals surface area contributed by atoms with Gasteiger partial charge in [-0.25, -0.2) is 13.8 Å². The number of benzene rings is 1. The molecule has 0 spiro atoms. The van der Waals surface area contributed by atoms with E-state index >= 15 is 0 Å². The van der Waals surface area contributed by atoms with Gasteiger partial charge >= 0.3 is 5.97 Å². The number of carbonyl (C=O) groups excluding carboxylic acids is 1. The normalized spacial score (nSPS) is 10.9. The highest BCUT2D eigenvalue weighted by atomic mass is 19.2. The molecule has 140 valence electrons. The van der Waals surface area contributed by atoms with E-state index in [0.717, 1.165) is 11.5 Å². The van der Waals surface area contributed by atoms with Gasteiger partial charge in [-0.2, -0.15) is 0 Å². The lowest BCUT2D eigenvalue weighted by Gasteiger charge is -2.22. The van der Waals surface area contributed by atoms with Crippen molar-refractivity contribution in [3.05, 3.63) is 65.5 Å². The number of H-pyrrole nitrogens is 1. The van der Waals surface area contributed by atoms with Crippen LogP contribution in [0.1, 0.15) is 17.5 Å². The lowest BCUT2D eigenvalue weighted by atomic mass is 10.1. The van der Waals surface area contributed by atoms with E-state index in [1.165, 1.54) is 17.0 Å². The summed E-state index contributed by atoms with van der Waals surface area (Å²) in [4.78, 5) is 32.0. The van der Waals surface area contributed by atoms with Crippen molar-refractivity contribution in [3.63, 3.8) is 0 Å². The fourth-order valence-corrected chi connectivity index (χ4v) is 2.83. The van der Waals surface area contributed by atoms with Crippen LogP contribution in [-0.2, 0) is 22.6 Å². The molecule has 0 aliphatic carbocycles. The number of pyridine rings is 1. The monoisotopic (exact) mass is 373 g/mol. The Hall–Kier alpha value is -3.29. The van der Waals surface area contributed by atoms with Gasteiger partial charge in [0, 0.05) is 36.4 Å². The Bertz CT molecular complexity index is 987. The van der Waals surface area contributed by atoms with Crippen molar-refractivity contribution in [1.82, 2.24) is 14.9 Å². The van der Waals surface area contributed by atoms with Crippen LogP contribution in [0.25, 0.3) is 11.0 Å². The summed E-state index contributed by atoms with van der Waals surface area (Å²) in [5.41, 5.74) is 1.33. The summed E-state index contributed by atoms with van der Waals surface area (Å²) in [6.45, 7) is -0.318. The van der Waals surface area contributed by atoms with Crippen LogP contribution in [0, 0.1) is 11.6 Å². The Labute approximate surface area is 153 Å². The molecule has 1 amide bonds. The molecule has 1 aromatic carbocycles. The minimum absolute atomic E-state index is 0.00525. The predicted molar refractivity (Wildman–Crippen MR) is 93.8 cm³/mol. The Morgan fingerprint density at radius 1 is 1.15 bits per heavy atom. The first kappa shape index (κ1) is 18.5. The number of aliphatic carboxylic acids is 1. The standard InChI is InChI=1S/C19H17F2N3O3/c20-15-5-1-3-12(18(15)21)11-24(8-6-17(26)27)16(25)9-13-10-23-19-14(13)4-2-7-22-19/h1-5,7,10H,6,8-9,11H2,(H,22,23)(H,26,27). The van der Waals surface area contributed by atoms with Crippen molar-refractivity contribution in [3.8, 4) is 0 Å². The number of aromatic nitrogens is 2. The number of amides is 1. The molecule has 0 fully saturated rings. The maximum atomic E-state index is 14.0. The van der Waals surface area contributed by atoms with E-state index in [4.69, 9.17) is 5.11 Å². The molecular weight excluding hydrogens is 356 g/mol. The van der Waals surface area contributed by atoms with Crippen LogP contribution >= 0.6 is 0 Å². The largest absolute Gasteiger partial charge is 0.481 e. The molecule has 8 heteroatoms. The summed E-state index contributed by atoms with van der Waals surface area (Å²) in [6, 6.07) is 7.26. The van der Waals surface area contributed by atoms with Gasteiger partial charge in [0.05, 0.1) is 12.8 Å². The second kappa shape index (κ2) is 7.94. The van der Waals surface area contributed by atoms with E-state index < -0.39 is 17.6 Å². The summed E-state index contributed by atoms with van der Waals surface area (Å²) < 4.78 is 27.4. The minimum Gasteiger partial charge on any atom is -0.481 e. The third-order valence-electron chi connectivity index (χ3n) is 4.22. The van der Waals surface area contributed by atoms with Gasteiger partial charge in [-0.1, -0.05) is 12.1 Å². The van der Waals surface area contributed by atoms with Gasteiger partial charge in [0.25, 0.3) is 0 Å². The van der Waals surface area contributed by atoms with Crippen molar-refractivity contribution in [2.24, 2.45) is 0 Å². The lowest BCUT2D eigenvalue weighted by molar-refractivity contribution is -0.138. The molecule has 0 atom stereocenters. The van der Waals surface area contributed by atoms with Crippen LogP contribution in [0.5, 0.6) is 0 Å². The fraction of sp³-hybridized carbons (Fsp3) is 0.211. The van der Waals surface area contributed by atoms with Crippen LogP contribution in [0.15, 0.2) is 42.7 Å². The Balaban J connectivity index is 1.82. The molecule has 2 aromatic heterocycles. The number of nitrogens with one attached hydrogen (secondary N) is 1. The fourth-order valence-electron chi connectivity index (χ4n) is 2.83. The molecule has 6 nitrogen and oxygen atoms in total. The number of hydrogen-bond acceptors (Lipinski definition) is 3. The number of fused-ring (bicyclic) bond motifs is 1. The van der Waals surface area contributed by atoms with Crippen LogP contribution in [0.3, 0.4) is 0 Å². The van der Waals surface area contributed by atoms with E-state index in [1.807, 2.05) is 6.07 Å². The summed E-state index contributed by atoms with van der Waals surface area (Å²) in [6.07, 6.45) is 2.98. The number of carboxylic acids is 1. The van der Waals surface area contributed by atoms with Crippen LogP contribution < -0.4 is 0 Å². The molecule has 0 unspecified atom stereocenters. The van der Waals surface area contributed by atoms with Crippen molar-refractivity contribution in [1.29, 1.82) is 0 Å². The number of carbonyl (C=O) groups is 2. The lowest BCUT2D eigenvalue weighted by Crippen LogP contribution is -2.34. The quantitative estimate of drug-likeness (QED) is 0.667. The first-order chi connectivity index (χ1) is 13.0. The highest BCUT2D eigenvalue weighted by Crippen LogP contribution is 2.19. The van der Waals surface area contributed by atoms with Crippen molar-refractivity contribution < 1.29 is 23.5 Å². The zero-order valence-electron chi connectivity index (χ0n) is 14.3. The summed E-state index contributed by atoms with van der Waals surface area (Å²) in [5, 5.41) is 9.70. The number of rotatable bonds is 7. The maximum absolute atomic E-state index is 14.0. The highest BCUT2D eigenvalue weighted by Gasteiger charge is 2.20. The number of hydrogen-bond donors (Lipinski definition) is 2. The number of nitrogens with zero attached hydrogens (tertiary/aromatic N) is 2. The molecule has 2 N–H and O–H groups in total. The van der Waals surface area contributed by atoms with Gasteiger partial charge in [-0.15, -0.1) is 0 Å². The Morgan fingerprint density at radius 2 is 1.96 bits per heavy atom. The SMILES string of the molecule is O=C(O)CCN(Cc1cccc(F)c1F)C(=O)Cc1c[nH]c2ncccc12. The molecule has 27 heavy (non-hydrogen) atoms. The second-order valence-electron chi connectivity index (χ2n) is 6.06. The van der Waals surface area contributed by atoms with E-state index in [1.54, 1.807) is 18.5 Å². The molecule has 0 radical (unpaired) electrons. The Kier molecular flexibility index (Phi) is 5.44. The first-order valence-electron chi connectivity index (χ1n) is 8.29. The van der Waals surface area contributed by atoms with Crippen molar-refractivity contribution in [2.45, 2.75) is 19.4 Å². The zero-order valence-corrected chi connectivity index (χ0v) is 14.3. The number of carboxylic acid groups (broad SMARTS) is 1. The predicted octanol–water partition coefficient (Wildman–Crippen LogP) is 2.89. The summed E-state index contributed by atoms with van der Waals surface area (Å²) in [7, 11) is 0. The van der Waals surface area contributed by atoms with Gasteiger partial charge < -0.3 is 15.0 Å². The summed E-state index contributed by atoms with van der Waals surface area (Å²) in [5.74, 6) is -3.52. The smallest absolute Gasteiger partial charge is 0.305 e. The molecule has 0 aliphatic heterocycles. The van der Waals surface area contributed by atoms with Crippen molar-refractivity contribution >= 4 is 22.9 Å². The maximum Gasteiger partial charge on any atom is 0.305 e. The third-order valence-corrected chi connectivity index (χ3v) is 4.22. The molecule has 0 bridgehead atoms. The molecule has 0 saturated carbocycles. The zero-order chi connectivity index (χ0) is 19.4. The van der Waals surface area contributed by atoms with Gasteiger partial charge in [-0.05, 0) is 23.8 Å². The minimum atomic E-state index is -1.08. The first-order valence-corrected chi connectivity index (χ1v) is 8.29. The number of aromatic amines is 1.